The molecule has 1 saturated carbocycles. The van der Waals surface area contributed by atoms with Crippen LogP contribution < -0.4 is 5.73 Å². The maximum absolute atomic E-state index is 11.8. The zero-order valence-electron chi connectivity index (χ0n) is 11.1. The lowest BCUT2D eigenvalue weighted by Gasteiger charge is -2.08. The minimum absolute atomic E-state index is 0.190. The van der Waals surface area contributed by atoms with E-state index in [1.54, 1.807) is 11.4 Å². The van der Waals surface area contributed by atoms with Gasteiger partial charge in [0.1, 0.15) is 11.5 Å². The van der Waals surface area contributed by atoms with E-state index in [1.807, 2.05) is 16.9 Å². The molecule has 0 aromatic carbocycles. The Morgan fingerprint density at radius 1 is 1.45 bits per heavy atom. The second-order valence-electron chi connectivity index (χ2n) is 5.01. The van der Waals surface area contributed by atoms with Crippen LogP contribution in [0.2, 0.25) is 0 Å². The highest BCUT2D eigenvalue weighted by molar-refractivity contribution is 7.12. The van der Waals surface area contributed by atoms with Crippen LogP contribution in [-0.4, -0.2) is 15.7 Å². The number of nitrogen functional groups attached to an aromatic ring is 1. The lowest BCUT2D eigenvalue weighted by atomic mass is 10.3. The first-order valence-electron chi connectivity index (χ1n) is 6.78. The van der Waals surface area contributed by atoms with E-state index in [0.29, 0.717) is 16.6 Å². The number of aromatic nitrogens is 2. The Labute approximate surface area is 121 Å². The normalized spacial score (nSPS) is 15.6. The van der Waals surface area contributed by atoms with Crippen LogP contribution in [0.1, 0.15) is 47.1 Å². The molecule has 0 radical (unpaired) electrons. The van der Waals surface area contributed by atoms with Crippen molar-refractivity contribution in [2.45, 2.75) is 38.3 Å². The van der Waals surface area contributed by atoms with Gasteiger partial charge in [-0.25, -0.2) is 4.79 Å². The third-order valence-electron chi connectivity index (χ3n) is 3.59. The maximum Gasteiger partial charge on any atom is 0.350 e. The summed E-state index contributed by atoms with van der Waals surface area (Å²) in [6.45, 7) is 0.190. The van der Waals surface area contributed by atoms with E-state index in [4.69, 9.17) is 10.5 Å². The van der Waals surface area contributed by atoms with Gasteiger partial charge in [0.05, 0.1) is 17.4 Å². The average molecular weight is 291 g/mol. The third-order valence-corrected chi connectivity index (χ3v) is 4.50. The molecule has 106 valence electrons. The predicted octanol–water partition coefficient (Wildman–Crippen LogP) is 3.00. The smallest absolute Gasteiger partial charge is 0.350 e. The topological polar surface area (TPSA) is 70.1 Å². The summed E-state index contributed by atoms with van der Waals surface area (Å²) in [7, 11) is 0. The highest BCUT2D eigenvalue weighted by atomic mass is 32.1. The van der Waals surface area contributed by atoms with Gasteiger partial charge in [0.25, 0.3) is 0 Å². The van der Waals surface area contributed by atoms with Crippen molar-refractivity contribution < 1.29 is 9.53 Å². The van der Waals surface area contributed by atoms with Gasteiger partial charge in [-0.2, -0.15) is 5.10 Å². The molecule has 5 nitrogen and oxygen atoms in total. The Kier molecular flexibility index (Phi) is 3.73. The van der Waals surface area contributed by atoms with Crippen LogP contribution in [0.5, 0.6) is 0 Å². The largest absolute Gasteiger partial charge is 0.455 e. The molecule has 0 atom stereocenters. The Balaban J connectivity index is 1.58. The van der Waals surface area contributed by atoms with E-state index in [2.05, 4.69) is 5.10 Å². The van der Waals surface area contributed by atoms with E-state index in [1.165, 1.54) is 37.0 Å². The van der Waals surface area contributed by atoms with Gasteiger partial charge in [0, 0.05) is 6.20 Å². The summed E-state index contributed by atoms with van der Waals surface area (Å²) in [6.07, 6.45) is 6.89. The molecule has 3 rings (SSSR count). The maximum atomic E-state index is 11.8. The Hall–Kier alpha value is -1.82. The van der Waals surface area contributed by atoms with Crippen molar-refractivity contribution >= 4 is 23.0 Å². The molecule has 0 unspecified atom stereocenters. The zero-order chi connectivity index (χ0) is 13.9. The molecule has 6 heteroatoms. The molecular formula is C14H17N3O2S. The van der Waals surface area contributed by atoms with Gasteiger partial charge in [-0.05, 0) is 30.4 Å². The summed E-state index contributed by atoms with van der Waals surface area (Å²) >= 11 is 1.29. The van der Waals surface area contributed by atoms with Gasteiger partial charge in [0.15, 0.2) is 0 Å². The van der Waals surface area contributed by atoms with E-state index in [9.17, 15) is 4.79 Å². The summed E-state index contributed by atoms with van der Waals surface area (Å²) < 4.78 is 7.24. The van der Waals surface area contributed by atoms with Gasteiger partial charge in [-0.3, -0.25) is 4.68 Å². The van der Waals surface area contributed by atoms with Crippen LogP contribution >= 0.6 is 11.3 Å². The molecule has 0 saturated heterocycles. The Morgan fingerprint density at radius 3 is 2.95 bits per heavy atom. The molecule has 0 spiro atoms. The lowest BCUT2D eigenvalue weighted by Crippen LogP contribution is -2.08. The van der Waals surface area contributed by atoms with E-state index in [0.717, 1.165) is 5.69 Å². The third kappa shape index (κ3) is 2.70. The van der Waals surface area contributed by atoms with Gasteiger partial charge in [-0.1, -0.05) is 12.8 Å². The van der Waals surface area contributed by atoms with Crippen LogP contribution in [0.4, 0.5) is 5.69 Å². The number of esters is 1. The summed E-state index contributed by atoms with van der Waals surface area (Å²) in [5, 5.41) is 6.26. The van der Waals surface area contributed by atoms with Crippen LogP contribution in [0.15, 0.2) is 23.7 Å². The molecule has 1 aliphatic rings. The van der Waals surface area contributed by atoms with Crippen LogP contribution in [0.3, 0.4) is 0 Å². The van der Waals surface area contributed by atoms with E-state index >= 15 is 0 Å². The monoisotopic (exact) mass is 291 g/mol. The number of carbonyl (C=O) groups excluding carboxylic acids is 1. The van der Waals surface area contributed by atoms with Gasteiger partial charge in [0.2, 0.25) is 0 Å². The first kappa shape index (κ1) is 13.2. The van der Waals surface area contributed by atoms with Crippen molar-refractivity contribution in [1.29, 1.82) is 0 Å². The van der Waals surface area contributed by atoms with Gasteiger partial charge >= 0.3 is 5.97 Å². The molecule has 1 fully saturated rings. The molecule has 0 aliphatic heterocycles. The number of rotatable bonds is 4. The number of nitrogens with two attached hydrogens (primary N) is 1. The molecular weight excluding hydrogens is 274 g/mol. The van der Waals surface area contributed by atoms with Crippen molar-refractivity contribution in [3.63, 3.8) is 0 Å². The molecule has 0 amide bonds. The second-order valence-corrected chi connectivity index (χ2v) is 5.92. The molecule has 2 N–H and O–H groups in total. The number of hydrogen-bond donors (Lipinski definition) is 1. The summed E-state index contributed by atoms with van der Waals surface area (Å²) in [5.41, 5.74) is 6.93. The molecule has 1 aliphatic carbocycles. The SMILES string of the molecule is Nc1ccsc1C(=O)OCc1ccn(C2CCCC2)n1. The highest BCUT2D eigenvalue weighted by Crippen LogP contribution is 2.28. The number of carbonyl (C=O) groups is 1. The Bertz CT molecular complexity index is 599. The first-order valence-corrected chi connectivity index (χ1v) is 7.66. The summed E-state index contributed by atoms with van der Waals surface area (Å²) in [4.78, 5) is 12.3. The fraction of sp³-hybridized carbons (Fsp3) is 0.429. The fourth-order valence-electron chi connectivity index (χ4n) is 2.52. The van der Waals surface area contributed by atoms with Crippen molar-refractivity contribution in [2.24, 2.45) is 0 Å². The fourth-order valence-corrected chi connectivity index (χ4v) is 3.23. The van der Waals surface area contributed by atoms with Crippen molar-refractivity contribution in [3.8, 4) is 0 Å². The molecule has 2 heterocycles. The molecule has 20 heavy (non-hydrogen) atoms. The lowest BCUT2D eigenvalue weighted by molar-refractivity contribution is 0.0473. The van der Waals surface area contributed by atoms with Crippen molar-refractivity contribution in [2.75, 3.05) is 5.73 Å². The predicted molar refractivity (Wildman–Crippen MR) is 77.6 cm³/mol. The van der Waals surface area contributed by atoms with Crippen LogP contribution in [-0.2, 0) is 11.3 Å². The Morgan fingerprint density at radius 2 is 2.25 bits per heavy atom. The van der Waals surface area contributed by atoms with Crippen LogP contribution in [0.25, 0.3) is 0 Å². The van der Waals surface area contributed by atoms with Gasteiger partial charge < -0.3 is 10.5 Å². The number of thiophene rings is 1. The molecule has 2 aromatic heterocycles. The van der Waals surface area contributed by atoms with Crippen LogP contribution in [0, 0.1) is 0 Å². The van der Waals surface area contributed by atoms with Gasteiger partial charge in [-0.15, -0.1) is 11.3 Å². The quantitative estimate of drug-likeness (QED) is 0.879. The minimum atomic E-state index is -0.382. The summed E-state index contributed by atoms with van der Waals surface area (Å²) in [5.74, 6) is -0.382. The number of hydrogen-bond acceptors (Lipinski definition) is 5. The number of ether oxygens (including phenoxy) is 1. The van der Waals surface area contributed by atoms with Crippen molar-refractivity contribution in [1.82, 2.24) is 9.78 Å². The molecule has 0 bridgehead atoms. The van der Waals surface area contributed by atoms with Crippen molar-refractivity contribution in [3.05, 3.63) is 34.3 Å². The average Bonchev–Trinajstić information content (AvgIpc) is 3.16. The second kappa shape index (κ2) is 5.66. The minimum Gasteiger partial charge on any atom is -0.455 e. The van der Waals surface area contributed by atoms with E-state index < -0.39 is 0 Å². The highest BCUT2D eigenvalue weighted by Gasteiger charge is 2.18. The molecule has 2 aromatic rings. The first-order chi connectivity index (χ1) is 9.74. The zero-order valence-corrected chi connectivity index (χ0v) is 11.9. The van der Waals surface area contributed by atoms with E-state index in [-0.39, 0.29) is 12.6 Å². The number of anilines is 1. The number of nitrogens with zero attached hydrogens (tertiary/aromatic N) is 2. The standard InChI is InChI=1S/C14H17N3O2S/c15-12-6-8-20-13(12)14(18)19-9-10-5-7-17(16-10)11-3-1-2-4-11/h5-8,11H,1-4,9,15H2. The summed E-state index contributed by atoms with van der Waals surface area (Å²) in [6, 6.07) is 4.12.